The fourth-order valence-electron chi connectivity index (χ4n) is 2.88. The van der Waals surface area contributed by atoms with E-state index in [1.165, 1.54) is 0 Å². The van der Waals surface area contributed by atoms with Crippen LogP contribution in [0.4, 0.5) is 5.82 Å². The average Bonchev–Trinajstić information content (AvgIpc) is 3.04. The first-order valence-electron chi connectivity index (χ1n) is 8.44. The molecule has 7 nitrogen and oxygen atoms in total. The molecule has 2 aromatic rings. The van der Waals surface area contributed by atoms with Gasteiger partial charge in [0.05, 0.1) is 13.3 Å². The van der Waals surface area contributed by atoms with Crippen molar-refractivity contribution in [1.82, 2.24) is 14.9 Å². The molecule has 2 N–H and O–H groups in total. The van der Waals surface area contributed by atoms with Gasteiger partial charge in [-0.25, -0.2) is 4.98 Å². The van der Waals surface area contributed by atoms with Crippen LogP contribution < -0.4 is 15.4 Å². The highest BCUT2D eigenvalue weighted by atomic mass is 16.5. The minimum atomic E-state index is -0.228. The Bertz CT molecular complexity index is 769. The molecule has 0 fully saturated rings. The van der Waals surface area contributed by atoms with Crippen molar-refractivity contribution in [3.05, 3.63) is 41.9 Å². The number of nitrogens with one attached hydrogen (secondary N) is 2. The number of hydrogen-bond acceptors (Lipinski definition) is 4. The number of fused-ring (bicyclic) bond motifs is 1. The fourth-order valence-corrected chi connectivity index (χ4v) is 2.88. The molecule has 0 aliphatic carbocycles. The van der Waals surface area contributed by atoms with Crippen LogP contribution in [0.1, 0.15) is 35.4 Å². The van der Waals surface area contributed by atoms with Crippen molar-refractivity contribution in [3.63, 3.8) is 0 Å². The van der Waals surface area contributed by atoms with E-state index in [1.807, 2.05) is 0 Å². The Balaban J connectivity index is 1.48. The predicted molar refractivity (Wildman–Crippen MR) is 93.7 cm³/mol. The van der Waals surface area contributed by atoms with E-state index >= 15 is 0 Å². The monoisotopic (exact) mass is 342 g/mol. The molecule has 1 aromatic carbocycles. The summed E-state index contributed by atoms with van der Waals surface area (Å²) in [4.78, 5) is 28.5. The first-order valence-corrected chi connectivity index (χ1v) is 8.44. The summed E-state index contributed by atoms with van der Waals surface area (Å²) in [5.74, 6) is 2.01. The van der Waals surface area contributed by atoms with Crippen LogP contribution in [-0.4, -0.2) is 35.0 Å². The van der Waals surface area contributed by atoms with Gasteiger partial charge in [0, 0.05) is 31.5 Å². The van der Waals surface area contributed by atoms with Crippen molar-refractivity contribution in [2.24, 2.45) is 0 Å². The van der Waals surface area contributed by atoms with E-state index in [-0.39, 0.29) is 24.8 Å². The van der Waals surface area contributed by atoms with E-state index in [1.54, 1.807) is 37.6 Å². The summed E-state index contributed by atoms with van der Waals surface area (Å²) < 4.78 is 7.15. The van der Waals surface area contributed by atoms with E-state index in [2.05, 4.69) is 20.2 Å². The maximum Gasteiger partial charge on any atom is 0.251 e. The van der Waals surface area contributed by atoms with E-state index in [0.29, 0.717) is 11.3 Å². The van der Waals surface area contributed by atoms with Crippen molar-refractivity contribution in [2.45, 2.75) is 32.2 Å². The predicted octanol–water partition coefficient (Wildman–Crippen LogP) is 1.99. The van der Waals surface area contributed by atoms with Gasteiger partial charge in [-0.1, -0.05) is 6.07 Å². The number of carbonyl (C=O) groups is 2. The molecule has 0 unspecified atom stereocenters. The summed E-state index contributed by atoms with van der Waals surface area (Å²) in [6.45, 7) is 1.15. The lowest BCUT2D eigenvalue weighted by Crippen LogP contribution is -2.28. The van der Waals surface area contributed by atoms with Crippen molar-refractivity contribution < 1.29 is 14.3 Å². The van der Waals surface area contributed by atoms with Crippen molar-refractivity contribution in [2.75, 3.05) is 19.0 Å². The quantitative estimate of drug-likeness (QED) is 0.841. The Hall–Kier alpha value is -2.83. The number of imidazole rings is 1. The normalized spacial score (nSPS) is 13.0. The molecule has 0 saturated carbocycles. The standard InChI is InChI=1S/C18H22N4O3/c1-25-14-6-4-5-13(11-14)18(24)19-9-8-17(23)21-16-12-20-15-7-2-3-10-22(15)16/h4-6,11-12H,2-3,7-10H2,1H3,(H,19,24)(H,21,23). The Labute approximate surface area is 146 Å². The minimum absolute atomic E-state index is 0.140. The zero-order valence-electron chi connectivity index (χ0n) is 14.2. The molecule has 0 spiro atoms. The molecule has 1 aliphatic rings. The lowest BCUT2D eigenvalue weighted by atomic mass is 10.2. The molecule has 1 aliphatic heterocycles. The number of aryl methyl sites for hydroxylation is 1. The highest BCUT2D eigenvalue weighted by Crippen LogP contribution is 2.19. The molecule has 0 atom stereocenters. The molecule has 132 valence electrons. The Kier molecular flexibility index (Phi) is 5.33. The van der Waals surface area contributed by atoms with Crippen LogP contribution in [0.15, 0.2) is 30.5 Å². The molecule has 7 heteroatoms. The van der Waals surface area contributed by atoms with Gasteiger partial charge in [0.1, 0.15) is 17.4 Å². The second-order valence-electron chi connectivity index (χ2n) is 5.95. The van der Waals surface area contributed by atoms with Gasteiger partial charge in [-0.2, -0.15) is 0 Å². The van der Waals surface area contributed by atoms with Crippen LogP contribution in [0, 0.1) is 0 Å². The third-order valence-corrected chi connectivity index (χ3v) is 4.21. The lowest BCUT2D eigenvalue weighted by Gasteiger charge is -2.16. The number of aromatic nitrogens is 2. The smallest absolute Gasteiger partial charge is 0.251 e. The number of amides is 2. The number of rotatable bonds is 6. The van der Waals surface area contributed by atoms with Gasteiger partial charge in [0.15, 0.2) is 0 Å². The minimum Gasteiger partial charge on any atom is -0.497 e. The summed E-state index contributed by atoms with van der Waals surface area (Å²) in [7, 11) is 1.55. The summed E-state index contributed by atoms with van der Waals surface area (Å²) in [6.07, 6.45) is 5.10. The lowest BCUT2D eigenvalue weighted by molar-refractivity contribution is -0.116. The van der Waals surface area contributed by atoms with Gasteiger partial charge in [0.25, 0.3) is 5.91 Å². The number of benzene rings is 1. The van der Waals surface area contributed by atoms with Gasteiger partial charge >= 0.3 is 0 Å². The number of ether oxygens (including phenoxy) is 1. The van der Waals surface area contributed by atoms with Gasteiger partial charge < -0.3 is 19.9 Å². The number of carbonyl (C=O) groups excluding carboxylic acids is 2. The van der Waals surface area contributed by atoms with E-state index < -0.39 is 0 Å². The second kappa shape index (κ2) is 7.83. The Morgan fingerprint density at radius 1 is 1.32 bits per heavy atom. The van der Waals surface area contributed by atoms with Crippen LogP contribution in [0.5, 0.6) is 5.75 Å². The zero-order valence-corrected chi connectivity index (χ0v) is 14.2. The molecule has 0 bridgehead atoms. The number of nitrogens with zero attached hydrogens (tertiary/aromatic N) is 2. The number of methoxy groups -OCH3 is 1. The summed E-state index contributed by atoms with van der Waals surface area (Å²) >= 11 is 0. The van der Waals surface area contributed by atoms with Gasteiger partial charge in [-0.3, -0.25) is 9.59 Å². The summed E-state index contributed by atoms with van der Waals surface area (Å²) in [5.41, 5.74) is 0.504. The first-order chi connectivity index (χ1) is 12.2. The largest absolute Gasteiger partial charge is 0.497 e. The molecule has 3 rings (SSSR count). The van der Waals surface area contributed by atoms with Crippen molar-refractivity contribution >= 4 is 17.6 Å². The maximum atomic E-state index is 12.1. The molecule has 1 aromatic heterocycles. The van der Waals surface area contributed by atoms with Crippen LogP contribution >= 0.6 is 0 Å². The Morgan fingerprint density at radius 2 is 2.20 bits per heavy atom. The summed E-state index contributed by atoms with van der Waals surface area (Å²) in [5, 5.41) is 5.62. The fraction of sp³-hybridized carbons (Fsp3) is 0.389. The van der Waals surface area contributed by atoms with E-state index in [0.717, 1.165) is 37.4 Å². The topological polar surface area (TPSA) is 85.2 Å². The van der Waals surface area contributed by atoms with Gasteiger partial charge in [-0.05, 0) is 31.0 Å². The molecular weight excluding hydrogens is 320 g/mol. The maximum absolute atomic E-state index is 12.1. The van der Waals surface area contributed by atoms with Crippen LogP contribution in [0.3, 0.4) is 0 Å². The molecule has 2 heterocycles. The number of anilines is 1. The van der Waals surface area contributed by atoms with E-state index in [4.69, 9.17) is 4.74 Å². The molecule has 25 heavy (non-hydrogen) atoms. The highest BCUT2D eigenvalue weighted by molar-refractivity contribution is 5.95. The van der Waals surface area contributed by atoms with Crippen molar-refractivity contribution in [3.8, 4) is 5.75 Å². The molecule has 0 radical (unpaired) electrons. The zero-order chi connectivity index (χ0) is 17.6. The molecule has 0 saturated heterocycles. The first kappa shape index (κ1) is 17.0. The van der Waals surface area contributed by atoms with Crippen LogP contribution in [0.25, 0.3) is 0 Å². The number of hydrogen-bond donors (Lipinski definition) is 2. The van der Waals surface area contributed by atoms with E-state index in [9.17, 15) is 9.59 Å². The van der Waals surface area contributed by atoms with Gasteiger partial charge in [0.2, 0.25) is 5.91 Å². The average molecular weight is 342 g/mol. The highest BCUT2D eigenvalue weighted by Gasteiger charge is 2.15. The Morgan fingerprint density at radius 3 is 3.04 bits per heavy atom. The molecule has 2 amide bonds. The van der Waals surface area contributed by atoms with Gasteiger partial charge in [-0.15, -0.1) is 0 Å². The second-order valence-corrected chi connectivity index (χ2v) is 5.95. The molecular formula is C18H22N4O3. The third-order valence-electron chi connectivity index (χ3n) is 4.21. The summed E-state index contributed by atoms with van der Waals surface area (Å²) in [6, 6.07) is 6.89. The van der Waals surface area contributed by atoms with Crippen molar-refractivity contribution in [1.29, 1.82) is 0 Å². The van der Waals surface area contributed by atoms with Crippen LogP contribution in [-0.2, 0) is 17.8 Å². The third kappa shape index (κ3) is 4.17. The SMILES string of the molecule is COc1cccc(C(=O)NCCC(=O)Nc2cnc3n2CCCC3)c1. The van der Waals surface area contributed by atoms with Crippen LogP contribution in [0.2, 0.25) is 0 Å².